The van der Waals surface area contributed by atoms with Crippen LogP contribution in [0.25, 0.3) is 0 Å². The maximum absolute atomic E-state index is 13.1. The second-order valence-electron chi connectivity index (χ2n) is 3.01. The van der Waals surface area contributed by atoms with Crippen LogP contribution in [-0.2, 0) is 9.59 Å². The Morgan fingerprint density at radius 3 is 2.56 bits per heavy atom. The molecule has 4 N–H and O–H groups in total. The van der Waals surface area contributed by atoms with Gasteiger partial charge in [-0.25, -0.2) is 10.2 Å². The van der Waals surface area contributed by atoms with Crippen molar-refractivity contribution in [2.75, 3.05) is 5.32 Å². The van der Waals surface area contributed by atoms with Crippen molar-refractivity contribution in [3.8, 4) is 0 Å². The Kier molecular flexibility index (Phi) is 3.97. The van der Waals surface area contributed by atoms with E-state index >= 15 is 0 Å². The Morgan fingerprint density at radius 2 is 2.00 bits per heavy atom. The average molecular weight is 290 g/mol. The van der Waals surface area contributed by atoms with Gasteiger partial charge in [0.25, 0.3) is 0 Å². The van der Waals surface area contributed by atoms with E-state index < -0.39 is 17.6 Å². The molecule has 0 aliphatic carbocycles. The molecule has 0 bridgehead atoms. The highest BCUT2D eigenvalue weighted by Gasteiger charge is 2.14. The first kappa shape index (κ1) is 12.6. The van der Waals surface area contributed by atoms with Gasteiger partial charge in [0.05, 0.1) is 4.47 Å². The molecule has 0 saturated heterocycles. The van der Waals surface area contributed by atoms with Gasteiger partial charge in [-0.15, -0.1) is 0 Å². The lowest BCUT2D eigenvalue weighted by molar-refractivity contribution is -0.136. The lowest BCUT2D eigenvalue weighted by atomic mass is 10.2. The van der Waals surface area contributed by atoms with Crippen LogP contribution in [-0.4, -0.2) is 11.8 Å². The number of aryl methyl sites for hydroxylation is 1. The third-order valence-electron chi connectivity index (χ3n) is 1.85. The minimum Gasteiger partial charge on any atom is -0.317 e. The molecule has 0 saturated carbocycles. The van der Waals surface area contributed by atoms with Gasteiger partial charge >= 0.3 is 11.8 Å². The number of halogens is 2. The van der Waals surface area contributed by atoms with E-state index in [0.29, 0.717) is 11.3 Å². The fourth-order valence-electron chi connectivity index (χ4n) is 1.03. The molecule has 86 valence electrons. The molecule has 0 atom stereocenters. The van der Waals surface area contributed by atoms with Crippen molar-refractivity contribution in [2.45, 2.75) is 6.92 Å². The largest absolute Gasteiger partial charge is 0.323 e. The molecule has 2 amide bonds. The predicted molar refractivity (Wildman–Crippen MR) is 59.8 cm³/mol. The van der Waals surface area contributed by atoms with E-state index in [1.165, 1.54) is 12.1 Å². The Morgan fingerprint density at radius 1 is 1.38 bits per heavy atom. The van der Waals surface area contributed by atoms with E-state index in [9.17, 15) is 14.0 Å². The van der Waals surface area contributed by atoms with Gasteiger partial charge < -0.3 is 5.32 Å². The molecule has 0 radical (unpaired) electrons. The van der Waals surface area contributed by atoms with E-state index in [-0.39, 0.29) is 4.47 Å². The number of carbonyl (C=O) groups is 2. The van der Waals surface area contributed by atoms with E-state index in [1.807, 2.05) is 0 Å². The van der Waals surface area contributed by atoms with Gasteiger partial charge in [0.1, 0.15) is 5.82 Å². The van der Waals surface area contributed by atoms with Crippen LogP contribution in [0.3, 0.4) is 0 Å². The second kappa shape index (κ2) is 5.04. The molecule has 0 aliphatic heterocycles. The maximum atomic E-state index is 13.1. The van der Waals surface area contributed by atoms with E-state index in [2.05, 4.69) is 21.2 Å². The number of hydrogen-bond acceptors (Lipinski definition) is 3. The van der Waals surface area contributed by atoms with Crippen molar-refractivity contribution in [3.63, 3.8) is 0 Å². The summed E-state index contributed by atoms with van der Waals surface area (Å²) in [6.07, 6.45) is 0. The maximum Gasteiger partial charge on any atom is 0.323 e. The van der Waals surface area contributed by atoms with Crippen LogP contribution in [0.5, 0.6) is 0 Å². The summed E-state index contributed by atoms with van der Waals surface area (Å²) in [5.41, 5.74) is 2.53. The summed E-state index contributed by atoms with van der Waals surface area (Å²) >= 11 is 2.97. The molecule has 5 nitrogen and oxygen atoms in total. The molecular formula is C9H9BrFN3O2. The molecule has 0 aliphatic rings. The third-order valence-corrected chi connectivity index (χ3v) is 2.46. The average Bonchev–Trinajstić information content (AvgIpc) is 2.24. The topological polar surface area (TPSA) is 84.2 Å². The number of hydrazine groups is 1. The summed E-state index contributed by atoms with van der Waals surface area (Å²) in [7, 11) is 0. The summed E-state index contributed by atoms with van der Waals surface area (Å²) in [5, 5.41) is 2.30. The van der Waals surface area contributed by atoms with Crippen LogP contribution in [0.15, 0.2) is 16.6 Å². The quantitative estimate of drug-likeness (QED) is 0.310. The second-order valence-corrected chi connectivity index (χ2v) is 3.86. The molecule has 0 unspecified atom stereocenters. The van der Waals surface area contributed by atoms with Crippen LogP contribution in [0.1, 0.15) is 5.56 Å². The van der Waals surface area contributed by atoms with Crippen molar-refractivity contribution < 1.29 is 14.0 Å². The number of carbonyl (C=O) groups excluding carboxylic acids is 2. The van der Waals surface area contributed by atoms with E-state index in [0.717, 1.165) is 0 Å². The molecular weight excluding hydrogens is 281 g/mol. The van der Waals surface area contributed by atoms with E-state index in [1.54, 1.807) is 12.3 Å². The summed E-state index contributed by atoms with van der Waals surface area (Å²) in [5.74, 6) is 2.46. The van der Waals surface area contributed by atoms with Crippen LogP contribution in [0, 0.1) is 12.7 Å². The summed E-state index contributed by atoms with van der Waals surface area (Å²) < 4.78 is 13.3. The van der Waals surface area contributed by atoms with Gasteiger partial charge in [-0.1, -0.05) is 0 Å². The standard InChI is InChI=1S/C9H9BrFN3O2/c1-4-2-6(11)5(10)3-7(4)13-8(15)9(16)14-12/h2-3H,12H2,1H3,(H,13,15)(H,14,16). The van der Waals surface area contributed by atoms with Crippen LogP contribution in [0.2, 0.25) is 0 Å². The monoisotopic (exact) mass is 289 g/mol. The zero-order valence-corrected chi connectivity index (χ0v) is 9.89. The van der Waals surface area contributed by atoms with Crippen molar-refractivity contribution in [1.29, 1.82) is 0 Å². The molecule has 1 aromatic carbocycles. The van der Waals surface area contributed by atoms with Crippen molar-refractivity contribution in [3.05, 3.63) is 28.0 Å². The zero-order valence-electron chi connectivity index (χ0n) is 8.30. The smallest absolute Gasteiger partial charge is 0.317 e. The number of anilines is 1. The Bertz CT molecular complexity index is 451. The Hall–Kier alpha value is -1.47. The normalized spacial score (nSPS) is 9.75. The minimum atomic E-state index is -0.972. The summed E-state index contributed by atoms with van der Waals surface area (Å²) in [4.78, 5) is 22.0. The molecule has 7 heteroatoms. The highest BCUT2D eigenvalue weighted by atomic mass is 79.9. The highest BCUT2D eigenvalue weighted by Crippen LogP contribution is 2.24. The number of benzene rings is 1. The molecule has 1 aromatic rings. The number of amides is 2. The van der Waals surface area contributed by atoms with Gasteiger partial charge in [-0.3, -0.25) is 15.0 Å². The molecule has 0 spiro atoms. The van der Waals surface area contributed by atoms with Gasteiger partial charge in [0.2, 0.25) is 0 Å². The van der Waals surface area contributed by atoms with Crippen molar-refractivity contribution in [1.82, 2.24) is 5.43 Å². The Balaban J connectivity index is 2.94. The lowest BCUT2D eigenvalue weighted by Crippen LogP contribution is -2.39. The molecule has 0 heterocycles. The summed E-state index contributed by atoms with van der Waals surface area (Å²) in [6.45, 7) is 1.60. The predicted octanol–water partition coefficient (Wildman–Crippen LogP) is 0.825. The number of rotatable bonds is 1. The van der Waals surface area contributed by atoms with Gasteiger partial charge in [-0.2, -0.15) is 0 Å². The van der Waals surface area contributed by atoms with Gasteiger partial charge in [0, 0.05) is 5.69 Å². The van der Waals surface area contributed by atoms with Gasteiger partial charge in [-0.05, 0) is 40.5 Å². The van der Waals surface area contributed by atoms with E-state index in [4.69, 9.17) is 5.84 Å². The van der Waals surface area contributed by atoms with Gasteiger partial charge in [0.15, 0.2) is 0 Å². The van der Waals surface area contributed by atoms with Crippen molar-refractivity contribution >= 4 is 33.4 Å². The number of nitrogens with two attached hydrogens (primary N) is 1. The first-order chi connectivity index (χ1) is 7.45. The molecule has 1 rings (SSSR count). The number of nitrogens with one attached hydrogen (secondary N) is 2. The first-order valence-corrected chi connectivity index (χ1v) is 5.02. The molecule has 0 fully saturated rings. The van der Waals surface area contributed by atoms with Crippen LogP contribution in [0.4, 0.5) is 10.1 Å². The van der Waals surface area contributed by atoms with Crippen LogP contribution >= 0.6 is 15.9 Å². The number of hydrogen-bond donors (Lipinski definition) is 3. The van der Waals surface area contributed by atoms with Crippen LogP contribution < -0.4 is 16.6 Å². The highest BCUT2D eigenvalue weighted by molar-refractivity contribution is 9.10. The Labute approximate surface area is 99.3 Å². The SMILES string of the molecule is Cc1cc(F)c(Br)cc1NC(=O)C(=O)NN. The lowest BCUT2D eigenvalue weighted by Gasteiger charge is -2.08. The third kappa shape index (κ3) is 2.77. The summed E-state index contributed by atoms with van der Waals surface area (Å²) in [6, 6.07) is 2.60. The fraction of sp³-hybridized carbons (Fsp3) is 0.111. The minimum absolute atomic E-state index is 0.196. The first-order valence-electron chi connectivity index (χ1n) is 4.23. The molecule has 0 aromatic heterocycles. The fourth-order valence-corrected chi connectivity index (χ4v) is 1.37. The molecule has 16 heavy (non-hydrogen) atoms. The zero-order chi connectivity index (χ0) is 12.3. The van der Waals surface area contributed by atoms with Crippen molar-refractivity contribution in [2.24, 2.45) is 5.84 Å².